The Morgan fingerprint density at radius 1 is 1.37 bits per heavy atom. The topological polar surface area (TPSA) is 79.5 Å². The number of hydrogen-bond donors (Lipinski definition) is 2. The predicted octanol–water partition coefficient (Wildman–Crippen LogP) is 3.73. The molecule has 1 aromatic rings. The second-order valence-corrected chi connectivity index (χ2v) is 9.87. The van der Waals surface area contributed by atoms with E-state index in [0.717, 1.165) is 49.7 Å². The average Bonchev–Trinajstić information content (AvgIpc) is 3.09. The lowest BCUT2D eigenvalue weighted by molar-refractivity contribution is 0.382. The van der Waals surface area contributed by atoms with Gasteiger partial charge in [0.1, 0.15) is 12.3 Å². The third kappa shape index (κ3) is 7.71. The molecule has 1 aliphatic rings. The molecule has 0 bridgehead atoms. The van der Waals surface area contributed by atoms with Crippen molar-refractivity contribution in [1.29, 1.82) is 0 Å². The quantitative estimate of drug-likeness (QED) is 0.347. The van der Waals surface area contributed by atoms with Crippen molar-refractivity contribution in [2.75, 3.05) is 12.3 Å². The molecule has 0 spiro atoms. The Morgan fingerprint density at radius 2 is 2.11 bits per heavy atom. The fraction of sp³-hybridized carbons (Fsp3) is 0.789. The summed E-state index contributed by atoms with van der Waals surface area (Å²) < 4.78 is 18.0. The number of oxazole rings is 1. The standard InChI is InChI=1S/C19H34N4O2S.HI/c1-6-20-18(22-13-17-21-12-16(25-17)19(3,4)5)23-14-9-8-10-15(11-14)26(24)7-2;/h12,14-15H,6-11,13H2,1-5H3,(H2,20,22,23);1H. The maximum atomic E-state index is 12.1. The second-order valence-electron chi connectivity index (χ2n) is 7.86. The van der Waals surface area contributed by atoms with Gasteiger partial charge in [-0.1, -0.05) is 34.1 Å². The minimum atomic E-state index is -0.717. The van der Waals surface area contributed by atoms with Gasteiger partial charge in [-0.2, -0.15) is 0 Å². The highest BCUT2D eigenvalue weighted by Crippen LogP contribution is 2.24. The van der Waals surface area contributed by atoms with Gasteiger partial charge in [0.25, 0.3) is 0 Å². The number of aromatic nitrogens is 1. The molecule has 2 N–H and O–H groups in total. The van der Waals surface area contributed by atoms with E-state index < -0.39 is 10.8 Å². The molecule has 1 aliphatic carbocycles. The zero-order chi connectivity index (χ0) is 19.2. The summed E-state index contributed by atoms with van der Waals surface area (Å²) in [5.74, 6) is 3.01. The Morgan fingerprint density at radius 3 is 2.70 bits per heavy atom. The maximum absolute atomic E-state index is 12.1. The molecule has 8 heteroatoms. The molecule has 0 amide bonds. The minimum absolute atomic E-state index is 0. The number of guanidine groups is 1. The van der Waals surface area contributed by atoms with Crippen molar-refractivity contribution >= 4 is 40.7 Å². The van der Waals surface area contributed by atoms with Gasteiger partial charge in [0, 0.05) is 39.8 Å². The van der Waals surface area contributed by atoms with E-state index in [1.165, 1.54) is 0 Å². The first-order chi connectivity index (χ1) is 12.3. The van der Waals surface area contributed by atoms with Crippen LogP contribution in [0.5, 0.6) is 0 Å². The first-order valence-corrected chi connectivity index (χ1v) is 11.1. The fourth-order valence-corrected chi connectivity index (χ4v) is 4.49. The summed E-state index contributed by atoms with van der Waals surface area (Å²) in [6, 6.07) is 0.316. The number of aliphatic imine (C=N–C) groups is 1. The molecule has 3 atom stereocenters. The normalized spacial score (nSPS) is 22.0. The van der Waals surface area contributed by atoms with E-state index in [9.17, 15) is 4.21 Å². The first-order valence-electron chi connectivity index (χ1n) is 9.70. The van der Waals surface area contributed by atoms with Crippen molar-refractivity contribution in [2.45, 2.75) is 83.6 Å². The highest BCUT2D eigenvalue weighted by atomic mass is 127. The molecule has 0 aromatic carbocycles. The molecule has 0 radical (unpaired) electrons. The monoisotopic (exact) mass is 510 g/mol. The second kappa shape index (κ2) is 11.4. The van der Waals surface area contributed by atoms with Gasteiger partial charge in [-0.25, -0.2) is 9.98 Å². The third-order valence-corrected chi connectivity index (χ3v) is 6.37. The smallest absolute Gasteiger partial charge is 0.216 e. The number of nitrogens with one attached hydrogen (secondary N) is 2. The molecule has 6 nitrogen and oxygen atoms in total. The van der Waals surface area contributed by atoms with Crippen molar-refractivity contribution in [3.8, 4) is 0 Å². The zero-order valence-electron chi connectivity index (χ0n) is 17.2. The molecule has 3 unspecified atom stereocenters. The lowest BCUT2D eigenvalue weighted by atomic mass is 9.94. The highest BCUT2D eigenvalue weighted by molar-refractivity contribution is 14.0. The summed E-state index contributed by atoms with van der Waals surface area (Å²) in [5, 5.41) is 7.10. The average molecular weight is 510 g/mol. The molecule has 27 heavy (non-hydrogen) atoms. The largest absolute Gasteiger partial charge is 0.443 e. The van der Waals surface area contributed by atoms with Crippen LogP contribution in [0.25, 0.3) is 0 Å². The van der Waals surface area contributed by atoms with Gasteiger partial charge in [0.15, 0.2) is 5.96 Å². The number of nitrogens with zero attached hydrogens (tertiary/aromatic N) is 2. The fourth-order valence-electron chi connectivity index (χ4n) is 3.14. The van der Waals surface area contributed by atoms with Gasteiger partial charge in [-0.05, 0) is 26.2 Å². The molecule has 1 saturated carbocycles. The summed E-state index contributed by atoms with van der Waals surface area (Å²) in [6.45, 7) is 11.6. The summed E-state index contributed by atoms with van der Waals surface area (Å²) in [7, 11) is -0.717. The molecule has 156 valence electrons. The van der Waals surface area contributed by atoms with Crippen molar-refractivity contribution < 1.29 is 8.63 Å². The molecular weight excluding hydrogens is 475 g/mol. The van der Waals surface area contributed by atoms with Crippen molar-refractivity contribution in [3.05, 3.63) is 17.8 Å². The van der Waals surface area contributed by atoms with Crippen LogP contribution in [0, 0.1) is 0 Å². The van der Waals surface area contributed by atoms with Crippen LogP contribution in [0.4, 0.5) is 0 Å². The van der Waals surface area contributed by atoms with E-state index in [2.05, 4.69) is 48.3 Å². The number of halogens is 1. The van der Waals surface area contributed by atoms with Crippen LogP contribution >= 0.6 is 24.0 Å². The lowest BCUT2D eigenvalue weighted by Gasteiger charge is -2.30. The summed E-state index contributed by atoms with van der Waals surface area (Å²) >= 11 is 0. The van der Waals surface area contributed by atoms with Gasteiger partial charge >= 0.3 is 0 Å². The van der Waals surface area contributed by atoms with Gasteiger partial charge < -0.3 is 15.1 Å². The highest BCUT2D eigenvalue weighted by Gasteiger charge is 2.26. The van der Waals surface area contributed by atoms with Crippen molar-refractivity contribution in [3.63, 3.8) is 0 Å². The summed E-state index contributed by atoms with van der Waals surface area (Å²) in [5.41, 5.74) is -0.0518. The zero-order valence-corrected chi connectivity index (χ0v) is 20.4. The predicted molar refractivity (Wildman–Crippen MR) is 123 cm³/mol. The van der Waals surface area contributed by atoms with E-state index in [4.69, 9.17) is 4.42 Å². The van der Waals surface area contributed by atoms with E-state index in [1.807, 2.05) is 6.92 Å². The van der Waals surface area contributed by atoms with Gasteiger partial charge in [0.2, 0.25) is 5.89 Å². The van der Waals surface area contributed by atoms with Crippen molar-refractivity contribution in [1.82, 2.24) is 15.6 Å². The van der Waals surface area contributed by atoms with Crippen molar-refractivity contribution in [2.24, 2.45) is 4.99 Å². The molecule has 0 saturated heterocycles. The summed E-state index contributed by atoms with van der Waals surface area (Å²) in [4.78, 5) is 8.96. The van der Waals surface area contributed by atoms with Gasteiger partial charge in [0.05, 0.1) is 6.20 Å². The van der Waals surface area contributed by atoms with Crippen LogP contribution < -0.4 is 10.6 Å². The van der Waals surface area contributed by atoms with Crippen LogP contribution in [0.15, 0.2) is 15.6 Å². The van der Waals surface area contributed by atoms with Crippen LogP contribution in [-0.4, -0.2) is 38.7 Å². The third-order valence-electron chi connectivity index (χ3n) is 4.63. The minimum Gasteiger partial charge on any atom is -0.443 e. The Balaban J connectivity index is 0.00000364. The molecular formula is C19H35IN4O2S. The van der Waals surface area contributed by atoms with Crippen LogP contribution in [0.1, 0.15) is 72.0 Å². The van der Waals surface area contributed by atoms with E-state index in [0.29, 0.717) is 23.7 Å². The molecule has 1 fully saturated rings. The SMILES string of the molecule is CCNC(=NCc1ncc(C(C)(C)C)o1)NC1CCCC(S(=O)CC)C1.I. The Kier molecular flexibility index (Phi) is 10.3. The molecule has 1 aromatic heterocycles. The van der Waals surface area contributed by atoms with E-state index in [-0.39, 0.29) is 29.4 Å². The van der Waals surface area contributed by atoms with E-state index in [1.54, 1.807) is 6.20 Å². The van der Waals surface area contributed by atoms with E-state index >= 15 is 0 Å². The van der Waals surface area contributed by atoms with Crippen LogP contribution in [0.2, 0.25) is 0 Å². The summed E-state index contributed by atoms with van der Waals surface area (Å²) in [6.07, 6.45) is 6.00. The Hall–Kier alpha value is -0.640. The Bertz CT molecular complexity index is 627. The van der Waals surface area contributed by atoms with Gasteiger partial charge in [-0.3, -0.25) is 4.21 Å². The number of hydrogen-bond acceptors (Lipinski definition) is 4. The number of rotatable bonds is 6. The lowest BCUT2D eigenvalue weighted by Crippen LogP contribution is -2.46. The Labute approximate surface area is 183 Å². The molecule has 2 rings (SSSR count). The molecule has 1 heterocycles. The van der Waals surface area contributed by atoms with Gasteiger partial charge in [-0.15, -0.1) is 24.0 Å². The first kappa shape index (κ1) is 24.4. The maximum Gasteiger partial charge on any atom is 0.216 e. The van der Waals surface area contributed by atoms with Crippen LogP contribution in [-0.2, 0) is 22.8 Å². The van der Waals surface area contributed by atoms with Crippen LogP contribution in [0.3, 0.4) is 0 Å². The molecule has 0 aliphatic heterocycles.